The molecule has 15 heavy (non-hydrogen) atoms. The minimum Gasteiger partial charge on any atom is -0.299 e. The van der Waals surface area contributed by atoms with Crippen LogP contribution in [0.15, 0.2) is 0 Å². The van der Waals surface area contributed by atoms with Gasteiger partial charge in [-0.25, -0.2) is 0 Å². The molecule has 2 saturated carbocycles. The molecular formula is C11H15F3O. The SMILES string of the molecule is O=C(C1CC1)C1CCCC(C(F)(F)F)C1. The van der Waals surface area contributed by atoms with Crippen LogP contribution in [-0.4, -0.2) is 12.0 Å². The van der Waals surface area contributed by atoms with Crippen LogP contribution >= 0.6 is 0 Å². The molecular weight excluding hydrogens is 205 g/mol. The van der Waals surface area contributed by atoms with Crippen molar-refractivity contribution < 1.29 is 18.0 Å². The molecule has 2 fully saturated rings. The molecule has 0 heterocycles. The van der Waals surface area contributed by atoms with E-state index in [1.54, 1.807) is 0 Å². The second-order valence-electron chi connectivity index (χ2n) is 4.78. The van der Waals surface area contributed by atoms with E-state index in [9.17, 15) is 18.0 Å². The van der Waals surface area contributed by atoms with Crippen LogP contribution in [0.1, 0.15) is 38.5 Å². The predicted octanol–water partition coefficient (Wildman–Crippen LogP) is 3.33. The molecule has 0 bridgehead atoms. The van der Waals surface area contributed by atoms with Crippen molar-refractivity contribution in [3.8, 4) is 0 Å². The van der Waals surface area contributed by atoms with E-state index >= 15 is 0 Å². The van der Waals surface area contributed by atoms with E-state index in [1.807, 2.05) is 0 Å². The second kappa shape index (κ2) is 3.80. The molecule has 0 N–H and O–H groups in total. The van der Waals surface area contributed by atoms with Gasteiger partial charge in [0.15, 0.2) is 0 Å². The monoisotopic (exact) mass is 220 g/mol. The first-order valence-electron chi connectivity index (χ1n) is 5.59. The number of carbonyl (C=O) groups excluding carboxylic acids is 1. The largest absolute Gasteiger partial charge is 0.391 e. The molecule has 2 aliphatic rings. The molecule has 0 amide bonds. The van der Waals surface area contributed by atoms with Crippen LogP contribution < -0.4 is 0 Å². The number of alkyl halides is 3. The van der Waals surface area contributed by atoms with Crippen molar-refractivity contribution in [1.29, 1.82) is 0 Å². The lowest BCUT2D eigenvalue weighted by Gasteiger charge is -2.29. The zero-order valence-electron chi connectivity index (χ0n) is 8.52. The van der Waals surface area contributed by atoms with E-state index in [-0.39, 0.29) is 30.5 Å². The Morgan fingerprint density at radius 2 is 1.67 bits per heavy atom. The Morgan fingerprint density at radius 1 is 1.00 bits per heavy atom. The fourth-order valence-electron chi connectivity index (χ4n) is 2.45. The normalized spacial score (nSPS) is 32.7. The molecule has 2 atom stereocenters. The standard InChI is InChI=1S/C11H15F3O/c12-11(13,14)9-3-1-2-8(6-9)10(15)7-4-5-7/h7-9H,1-6H2. The first-order valence-corrected chi connectivity index (χ1v) is 5.59. The van der Waals surface area contributed by atoms with E-state index in [4.69, 9.17) is 0 Å². The third-order valence-electron chi connectivity index (χ3n) is 3.52. The molecule has 2 aliphatic carbocycles. The van der Waals surface area contributed by atoms with Crippen LogP contribution in [-0.2, 0) is 4.79 Å². The van der Waals surface area contributed by atoms with Gasteiger partial charge in [0, 0.05) is 11.8 Å². The lowest BCUT2D eigenvalue weighted by Crippen LogP contribution is -2.32. The van der Waals surface area contributed by atoms with Crippen LogP contribution in [0, 0.1) is 17.8 Å². The van der Waals surface area contributed by atoms with Gasteiger partial charge < -0.3 is 0 Å². The Morgan fingerprint density at radius 3 is 2.20 bits per heavy atom. The van der Waals surface area contributed by atoms with Gasteiger partial charge >= 0.3 is 6.18 Å². The minimum atomic E-state index is -4.11. The van der Waals surface area contributed by atoms with Crippen molar-refractivity contribution in [1.82, 2.24) is 0 Å². The number of hydrogen-bond donors (Lipinski definition) is 0. The van der Waals surface area contributed by atoms with Gasteiger partial charge in [-0.05, 0) is 32.1 Å². The van der Waals surface area contributed by atoms with Crippen molar-refractivity contribution in [3.63, 3.8) is 0 Å². The smallest absolute Gasteiger partial charge is 0.299 e. The molecule has 1 nitrogen and oxygen atoms in total. The zero-order chi connectivity index (χ0) is 11.1. The summed E-state index contributed by atoms with van der Waals surface area (Å²) >= 11 is 0. The highest BCUT2D eigenvalue weighted by Gasteiger charge is 2.45. The first-order chi connectivity index (χ1) is 6.98. The Labute approximate surface area is 87.0 Å². The lowest BCUT2D eigenvalue weighted by molar-refractivity contribution is -0.186. The second-order valence-corrected chi connectivity index (χ2v) is 4.78. The highest BCUT2D eigenvalue weighted by atomic mass is 19.4. The van der Waals surface area contributed by atoms with Crippen molar-refractivity contribution in [2.45, 2.75) is 44.7 Å². The minimum absolute atomic E-state index is 0.0405. The van der Waals surface area contributed by atoms with Crippen LogP contribution in [0.3, 0.4) is 0 Å². The summed E-state index contributed by atoms with van der Waals surface area (Å²) in [5.41, 5.74) is 0. The molecule has 0 saturated heterocycles. The van der Waals surface area contributed by atoms with Gasteiger partial charge in [0.25, 0.3) is 0 Å². The topological polar surface area (TPSA) is 17.1 Å². The van der Waals surface area contributed by atoms with Crippen molar-refractivity contribution in [3.05, 3.63) is 0 Å². The highest BCUT2D eigenvalue weighted by Crippen LogP contribution is 2.43. The van der Waals surface area contributed by atoms with Crippen molar-refractivity contribution in [2.75, 3.05) is 0 Å². The summed E-state index contributed by atoms with van der Waals surface area (Å²) in [7, 11) is 0. The van der Waals surface area contributed by atoms with Crippen molar-refractivity contribution in [2.24, 2.45) is 17.8 Å². The first kappa shape index (κ1) is 11.0. The fraction of sp³-hybridized carbons (Fsp3) is 0.909. The van der Waals surface area contributed by atoms with Gasteiger partial charge in [-0.3, -0.25) is 4.79 Å². The zero-order valence-corrected chi connectivity index (χ0v) is 8.52. The Bertz CT molecular complexity index is 255. The summed E-state index contributed by atoms with van der Waals surface area (Å²) in [5, 5.41) is 0. The summed E-state index contributed by atoms with van der Waals surface area (Å²) < 4.78 is 37.5. The van der Waals surface area contributed by atoms with E-state index in [0.717, 1.165) is 12.8 Å². The molecule has 0 aromatic rings. The van der Waals surface area contributed by atoms with E-state index < -0.39 is 12.1 Å². The molecule has 0 radical (unpaired) electrons. The number of ketones is 1. The van der Waals surface area contributed by atoms with Gasteiger partial charge in [0.05, 0.1) is 5.92 Å². The molecule has 2 unspecified atom stereocenters. The maximum Gasteiger partial charge on any atom is 0.391 e. The van der Waals surface area contributed by atoms with Gasteiger partial charge in [-0.1, -0.05) is 6.42 Å². The number of Topliss-reactive ketones (excluding diaryl/α,β-unsaturated/α-hetero) is 1. The number of carbonyl (C=O) groups is 1. The summed E-state index contributed by atoms with van der Waals surface area (Å²) in [6, 6.07) is 0. The Hall–Kier alpha value is -0.540. The Balaban J connectivity index is 1.94. The lowest BCUT2D eigenvalue weighted by atomic mass is 9.78. The van der Waals surface area contributed by atoms with Crippen LogP contribution in [0.5, 0.6) is 0 Å². The summed E-state index contributed by atoms with van der Waals surface area (Å²) in [5.74, 6) is -1.34. The summed E-state index contributed by atoms with van der Waals surface area (Å²) in [4.78, 5) is 11.7. The molecule has 0 aromatic carbocycles. The maximum atomic E-state index is 12.5. The molecule has 86 valence electrons. The van der Waals surface area contributed by atoms with Crippen LogP contribution in [0.25, 0.3) is 0 Å². The van der Waals surface area contributed by atoms with Crippen molar-refractivity contribution >= 4 is 5.78 Å². The van der Waals surface area contributed by atoms with Gasteiger partial charge in [-0.2, -0.15) is 13.2 Å². The quantitative estimate of drug-likeness (QED) is 0.697. The van der Waals surface area contributed by atoms with Gasteiger partial charge in [-0.15, -0.1) is 0 Å². The van der Waals surface area contributed by atoms with Gasteiger partial charge in [0.2, 0.25) is 0 Å². The molecule has 4 heteroatoms. The summed E-state index contributed by atoms with van der Waals surface area (Å²) in [6.45, 7) is 0. The number of halogens is 3. The summed E-state index contributed by atoms with van der Waals surface area (Å²) in [6.07, 6.45) is -0.855. The van der Waals surface area contributed by atoms with E-state index in [2.05, 4.69) is 0 Å². The Kier molecular flexibility index (Phi) is 2.77. The molecule has 0 aliphatic heterocycles. The predicted molar refractivity (Wildman–Crippen MR) is 49.2 cm³/mol. The van der Waals surface area contributed by atoms with E-state index in [0.29, 0.717) is 12.8 Å². The third kappa shape index (κ3) is 2.52. The third-order valence-corrected chi connectivity index (χ3v) is 3.52. The average molecular weight is 220 g/mol. The fourth-order valence-corrected chi connectivity index (χ4v) is 2.45. The van der Waals surface area contributed by atoms with Crippen LogP contribution in [0.4, 0.5) is 13.2 Å². The number of rotatable bonds is 2. The molecule has 0 spiro atoms. The average Bonchev–Trinajstić information content (AvgIpc) is 2.99. The maximum absolute atomic E-state index is 12.5. The van der Waals surface area contributed by atoms with E-state index in [1.165, 1.54) is 0 Å². The van der Waals surface area contributed by atoms with Gasteiger partial charge in [0.1, 0.15) is 5.78 Å². The molecule has 2 rings (SSSR count). The molecule has 0 aromatic heterocycles. The number of hydrogen-bond acceptors (Lipinski definition) is 1. The highest BCUT2D eigenvalue weighted by molar-refractivity contribution is 5.85. The van der Waals surface area contributed by atoms with Crippen LogP contribution in [0.2, 0.25) is 0 Å².